The number of benzene rings is 1. The minimum atomic E-state index is -0.487. The van der Waals surface area contributed by atoms with Gasteiger partial charge in [-0.1, -0.05) is 26.8 Å². The lowest BCUT2D eigenvalue weighted by molar-refractivity contribution is 0.102. The third-order valence-electron chi connectivity index (χ3n) is 2.95. The smallest absolute Gasteiger partial charge is 0.273 e. The molecular formula is C14H17N3O3. The summed E-state index contributed by atoms with van der Waals surface area (Å²) in [6.07, 6.45) is 1.44. The molecular weight excluding hydrogens is 258 g/mol. The van der Waals surface area contributed by atoms with E-state index in [1.54, 1.807) is 6.07 Å². The van der Waals surface area contributed by atoms with Crippen LogP contribution in [0, 0.1) is 0 Å². The Hall–Kier alpha value is -2.50. The first-order valence-corrected chi connectivity index (χ1v) is 6.17. The molecule has 0 aliphatic carbocycles. The quantitative estimate of drug-likeness (QED) is 0.632. The number of carbonyl (C=O) groups is 1. The average molecular weight is 275 g/mol. The van der Waals surface area contributed by atoms with Crippen molar-refractivity contribution in [2.75, 3.05) is 5.32 Å². The SMILES string of the molecule is CC(C)(C)c1ccc(O)c(NC(=O)c2ccn[nH]2)c1O. The minimum absolute atomic E-state index is 0.00275. The summed E-state index contributed by atoms with van der Waals surface area (Å²) in [5.41, 5.74) is 0.558. The van der Waals surface area contributed by atoms with Gasteiger partial charge in [-0.05, 0) is 17.5 Å². The van der Waals surface area contributed by atoms with Crippen molar-refractivity contribution in [3.63, 3.8) is 0 Å². The Morgan fingerprint density at radius 2 is 1.95 bits per heavy atom. The fraction of sp³-hybridized carbons (Fsp3) is 0.286. The number of aromatic amines is 1. The molecule has 2 rings (SSSR count). The highest BCUT2D eigenvalue weighted by Crippen LogP contribution is 2.41. The number of hydrogen-bond donors (Lipinski definition) is 4. The Morgan fingerprint density at radius 3 is 2.50 bits per heavy atom. The highest BCUT2D eigenvalue weighted by Gasteiger charge is 2.23. The van der Waals surface area contributed by atoms with Crippen molar-refractivity contribution < 1.29 is 15.0 Å². The van der Waals surface area contributed by atoms with E-state index in [1.807, 2.05) is 20.8 Å². The number of nitrogens with zero attached hydrogens (tertiary/aromatic N) is 1. The second-order valence-corrected chi connectivity index (χ2v) is 5.53. The molecule has 106 valence electrons. The van der Waals surface area contributed by atoms with E-state index in [9.17, 15) is 15.0 Å². The van der Waals surface area contributed by atoms with Gasteiger partial charge < -0.3 is 15.5 Å². The number of nitrogens with one attached hydrogen (secondary N) is 2. The van der Waals surface area contributed by atoms with Crippen LogP contribution < -0.4 is 5.32 Å². The Balaban J connectivity index is 2.39. The lowest BCUT2D eigenvalue weighted by Crippen LogP contribution is -2.15. The number of amides is 1. The molecule has 0 atom stereocenters. The zero-order valence-electron chi connectivity index (χ0n) is 11.6. The summed E-state index contributed by atoms with van der Waals surface area (Å²) in [6, 6.07) is 4.58. The van der Waals surface area contributed by atoms with E-state index in [1.165, 1.54) is 18.3 Å². The van der Waals surface area contributed by atoms with Crippen LogP contribution >= 0.6 is 0 Å². The Morgan fingerprint density at radius 1 is 1.25 bits per heavy atom. The summed E-state index contributed by atoms with van der Waals surface area (Å²) in [5.74, 6) is -0.812. The molecule has 20 heavy (non-hydrogen) atoms. The maximum absolute atomic E-state index is 11.9. The molecule has 0 radical (unpaired) electrons. The summed E-state index contributed by atoms with van der Waals surface area (Å²) >= 11 is 0. The molecule has 1 heterocycles. The molecule has 0 bridgehead atoms. The maximum Gasteiger partial charge on any atom is 0.273 e. The normalized spacial score (nSPS) is 11.3. The maximum atomic E-state index is 11.9. The van der Waals surface area contributed by atoms with E-state index in [0.717, 1.165) is 0 Å². The van der Waals surface area contributed by atoms with Crippen LogP contribution in [-0.4, -0.2) is 26.3 Å². The van der Waals surface area contributed by atoms with Crippen LogP contribution in [0.15, 0.2) is 24.4 Å². The zero-order chi connectivity index (χ0) is 14.9. The van der Waals surface area contributed by atoms with E-state index >= 15 is 0 Å². The fourth-order valence-corrected chi connectivity index (χ4v) is 1.87. The Labute approximate surface area is 116 Å². The third kappa shape index (κ3) is 2.59. The number of carbonyl (C=O) groups excluding carboxylic acids is 1. The molecule has 0 unspecified atom stereocenters. The van der Waals surface area contributed by atoms with Gasteiger partial charge in [-0.25, -0.2) is 0 Å². The largest absolute Gasteiger partial charge is 0.506 e. The van der Waals surface area contributed by atoms with Gasteiger partial charge >= 0.3 is 0 Å². The molecule has 6 nitrogen and oxygen atoms in total. The van der Waals surface area contributed by atoms with Crippen LogP contribution in [0.5, 0.6) is 11.5 Å². The molecule has 0 saturated heterocycles. The summed E-state index contributed by atoms with van der Waals surface area (Å²) in [5, 5.41) is 28.8. The monoisotopic (exact) mass is 275 g/mol. The van der Waals surface area contributed by atoms with Gasteiger partial charge in [-0.3, -0.25) is 9.89 Å². The second-order valence-electron chi connectivity index (χ2n) is 5.53. The predicted molar refractivity (Wildman–Crippen MR) is 75.0 cm³/mol. The van der Waals surface area contributed by atoms with E-state index in [2.05, 4.69) is 15.5 Å². The average Bonchev–Trinajstić information content (AvgIpc) is 2.86. The lowest BCUT2D eigenvalue weighted by atomic mass is 9.86. The Kier molecular flexibility index (Phi) is 3.40. The van der Waals surface area contributed by atoms with E-state index in [-0.39, 0.29) is 28.3 Å². The van der Waals surface area contributed by atoms with Gasteiger partial charge in [-0.2, -0.15) is 5.10 Å². The van der Waals surface area contributed by atoms with Crippen molar-refractivity contribution >= 4 is 11.6 Å². The Bertz CT molecular complexity index is 628. The van der Waals surface area contributed by atoms with E-state index in [4.69, 9.17) is 0 Å². The molecule has 1 aromatic carbocycles. The number of anilines is 1. The highest BCUT2D eigenvalue weighted by atomic mass is 16.3. The number of phenolic OH excluding ortho intramolecular Hbond substituents is 2. The van der Waals surface area contributed by atoms with E-state index < -0.39 is 5.91 Å². The molecule has 2 aromatic rings. The lowest BCUT2D eigenvalue weighted by Gasteiger charge is -2.22. The molecule has 6 heteroatoms. The first-order chi connectivity index (χ1) is 9.30. The fourth-order valence-electron chi connectivity index (χ4n) is 1.87. The molecule has 1 amide bonds. The van der Waals surface area contributed by atoms with Gasteiger partial charge in [0.15, 0.2) is 0 Å². The van der Waals surface area contributed by atoms with Crippen LogP contribution in [0.25, 0.3) is 0 Å². The number of aromatic hydroxyl groups is 2. The van der Waals surface area contributed by atoms with Crippen molar-refractivity contribution in [2.45, 2.75) is 26.2 Å². The first kappa shape index (κ1) is 13.9. The molecule has 4 N–H and O–H groups in total. The van der Waals surface area contributed by atoms with Crippen LogP contribution in [0.1, 0.15) is 36.8 Å². The first-order valence-electron chi connectivity index (χ1n) is 6.17. The van der Waals surface area contributed by atoms with Gasteiger partial charge in [0, 0.05) is 11.8 Å². The van der Waals surface area contributed by atoms with Gasteiger partial charge in [0.1, 0.15) is 22.9 Å². The predicted octanol–water partition coefficient (Wildman–Crippen LogP) is 2.37. The standard InChI is InChI=1S/C14H17N3O3/c1-14(2,3)8-4-5-10(18)11(12(8)19)16-13(20)9-6-7-15-17-9/h4-7,18-19H,1-3H3,(H,15,17)(H,16,20). The molecule has 0 aliphatic rings. The second kappa shape index (κ2) is 4.88. The zero-order valence-corrected chi connectivity index (χ0v) is 11.6. The molecule has 0 spiro atoms. The van der Waals surface area contributed by atoms with Crippen molar-refractivity contribution in [2.24, 2.45) is 0 Å². The van der Waals surface area contributed by atoms with Gasteiger partial charge in [0.2, 0.25) is 0 Å². The summed E-state index contributed by atoms with van der Waals surface area (Å²) in [4.78, 5) is 11.9. The van der Waals surface area contributed by atoms with Crippen molar-refractivity contribution in [3.05, 3.63) is 35.7 Å². The third-order valence-corrected chi connectivity index (χ3v) is 2.95. The van der Waals surface area contributed by atoms with Crippen LogP contribution in [0.2, 0.25) is 0 Å². The molecule has 0 fully saturated rings. The number of phenols is 2. The summed E-state index contributed by atoms with van der Waals surface area (Å²) in [7, 11) is 0. The molecule has 0 aliphatic heterocycles. The number of H-pyrrole nitrogens is 1. The van der Waals surface area contributed by atoms with Crippen LogP contribution in [-0.2, 0) is 5.41 Å². The molecule has 0 saturated carbocycles. The van der Waals surface area contributed by atoms with Gasteiger partial charge in [-0.15, -0.1) is 0 Å². The molecule has 1 aromatic heterocycles. The van der Waals surface area contributed by atoms with Crippen molar-refractivity contribution in [1.82, 2.24) is 10.2 Å². The number of hydrogen-bond acceptors (Lipinski definition) is 4. The van der Waals surface area contributed by atoms with Gasteiger partial charge in [0.25, 0.3) is 5.91 Å². The highest BCUT2D eigenvalue weighted by molar-refractivity contribution is 6.04. The summed E-state index contributed by atoms with van der Waals surface area (Å²) in [6.45, 7) is 5.79. The summed E-state index contributed by atoms with van der Waals surface area (Å²) < 4.78 is 0. The number of rotatable bonds is 2. The van der Waals surface area contributed by atoms with E-state index in [0.29, 0.717) is 5.56 Å². The minimum Gasteiger partial charge on any atom is -0.506 e. The van der Waals surface area contributed by atoms with Crippen molar-refractivity contribution in [1.29, 1.82) is 0 Å². The topological polar surface area (TPSA) is 98.2 Å². The van der Waals surface area contributed by atoms with Crippen LogP contribution in [0.3, 0.4) is 0 Å². The van der Waals surface area contributed by atoms with Gasteiger partial charge in [0.05, 0.1) is 0 Å². The van der Waals surface area contributed by atoms with Crippen LogP contribution in [0.4, 0.5) is 5.69 Å². The number of aromatic nitrogens is 2. The van der Waals surface area contributed by atoms with Crippen molar-refractivity contribution in [3.8, 4) is 11.5 Å².